The maximum Gasteiger partial charge on any atom is 0.434 e. The van der Waals surface area contributed by atoms with Crippen LogP contribution in [0.15, 0.2) is 61.3 Å². The molecule has 0 aliphatic carbocycles. The fraction of sp³-hybridized carbons (Fsp3) is 0.208. The molecule has 1 heterocycles. The molecule has 34 heavy (non-hydrogen) atoms. The molecule has 178 valence electrons. The van der Waals surface area contributed by atoms with E-state index >= 15 is 0 Å². The number of aromatic nitrogens is 2. The maximum atomic E-state index is 14.0. The molecule has 2 N–H and O–H groups in total. The van der Waals surface area contributed by atoms with Crippen LogP contribution < -0.4 is 10.6 Å². The van der Waals surface area contributed by atoms with Crippen LogP contribution in [0.2, 0.25) is 5.02 Å². The highest BCUT2D eigenvalue weighted by molar-refractivity contribution is 6.31. The van der Waals surface area contributed by atoms with Crippen molar-refractivity contribution in [2.45, 2.75) is 32.4 Å². The van der Waals surface area contributed by atoms with Crippen molar-refractivity contribution in [2.75, 3.05) is 10.6 Å². The van der Waals surface area contributed by atoms with E-state index in [-0.39, 0.29) is 27.5 Å². The summed E-state index contributed by atoms with van der Waals surface area (Å²) in [4.78, 5) is 24.3. The van der Waals surface area contributed by atoms with Crippen LogP contribution in [0.4, 0.5) is 24.5 Å². The Morgan fingerprint density at radius 3 is 2.15 bits per heavy atom. The third kappa shape index (κ3) is 5.66. The number of rotatable bonds is 5. The van der Waals surface area contributed by atoms with Crippen molar-refractivity contribution in [1.29, 1.82) is 0 Å². The Balaban J connectivity index is 1.96. The van der Waals surface area contributed by atoms with Crippen molar-refractivity contribution in [3.63, 3.8) is 0 Å². The van der Waals surface area contributed by atoms with Gasteiger partial charge in [-0.25, -0.2) is 4.68 Å². The minimum Gasteiger partial charge on any atom is -0.322 e. The zero-order valence-corrected chi connectivity index (χ0v) is 19.4. The number of alkyl halides is 3. The highest BCUT2D eigenvalue weighted by Gasteiger charge is 2.40. The van der Waals surface area contributed by atoms with Crippen molar-refractivity contribution in [1.82, 2.24) is 9.78 Å². The van der Waals surface area contributed by atoms with Crippen LogP contribution in [0, 0.1) is 0 Å². The number of carbonyl (C=O) groups is 2. The van der Waals surface area contributed by atoms with Gasteiger partial charge in [0.15, 0.2) is 5.69 Å². The molecule has 3 rings (SSSR count). The summed E-state index contributed by atoms with van der Waals surface area (Å²) < 4.78 is 42.7. The Bertz CT molecular complexity index is 1240. The molecule has 10 heteroatoms. The molecule has 0 radical (unpaired) electrons. The number of nitrogens with one attached hydrogen (secondary N) is 2. The summed E-state index contributed by atoms with van der Waals surface area (Å²) in [6.45, 7) is 9.30. The van der Waals surface area contributed by atoms with Gasteiger partial charge in [0, 0.05) is 16.4 Å². The molecule has 0 atom stereocenters. The van der Waals surface area contributed by atoms with E-state index < -0.39 is 29.2 Å². The molecule has 1 aromatic heterocycles. The van der Waals surface area contributed by atoms with Crippen LogP contribution in [0.3, 0.4) is 0 Å². The number of hydrogen-bond acceptors (Lipinski definition) is 3. The molecule has 0 saturated carbocycles. The van der Waals surface area contributed by atoms with Crippen molar-refractivity contribution in [2.24, 2.45) is 0 Å². The third-order valence-corrected chi connectivity index (χ3v) is 5.09. The number of amides is 2. The van der Waals surface area contributed by atoms with Gasteiger partial charge >= 0.3 is 6.18 Å². The standard InChI is InChI=1S/C24H22ClF3N4O2/c1-5-20(33)30-16-10-15(25)11-17(12-16)31-22(34)19-13-29-32(21(19)24(26,27)28)18-8-6-14(7-9-18)23(2,3)4/h5-13H,1H2,2-4H3,(H,30,33)(H,31,34). The first-order chi connectivity index (χ1) is 15.8. The van der Waals surface area contributed by atoms with Gasteiger partial charge in [-0.05, 0) is 47.4 Å². The van der Waals surface area contributed by atoms with Crippen LogP contribution in [0.25, 0.3) is 5.69 Å². The molecule has 0 spiro atoms. The van der Waals surface area contributed by atoms with Gasteiger partial charge in [-0.15, -0.1) is 0 Å². The number of benzene rings is 2. The van der Waals surface area contributed by atoms with Gasteiger partial charge in [0.05, 0.1) is 17.4 Å². The topological polar surface area (TPSA) is 76.0 Å². The molecular weight excluding hydrogens is 469 g/mol. The summed E-state index contributed by atoms with van der Waals surface area (Å²) in [5.74, 6) is -1.55. The first-order valence-corrected chi connectivity index (χ1v) is 10.5. The zero-order valence-electron chi connectivity index (χ0n) is 18.6. The highest BCUT2D eigenvalue weighted by Crippen LogP contribution is 2.35. The average molecular weight is 491 g/mol. The Morgan fingerprint density at radius 1 is 1.03 bits per heavy atom. The Hall–Kier alpha value is -3.59. The summed E-state index contributed by atoms with van der Waals surface area (Å²) in [5, 5.41) is 8.85. The van der Waals surface area contributed by atoms with Crippen LogP contribution in [-0.2, 0) is 16.4 Å². The lowest BCUT2D eigenvalue weighted by atomic mass is 9.87. The number of hydrogen-bond donors (Lipinski definition) is 2. The normalized spacial score (nSPS) is 11.7. The molecule has 2 aromatic carbocycles. The molecule has 0 aliphatic rings. The Morgan fingerprint density at radius 2 is 1.62 bits per heavy atom. The van der Waals surface area contributed by atoms with Crippen LogP contribution in [0.5, 0.6) is 0 Å². The minimum absolute atomic E-state index is 0.0901. The summed E-state index contributed by atoms with van der Waals surface area (Å²) in [6.07, 6.45) is -2.96. The van der Waals surface area contributed by atoms with E-state index in [9.17, 15) is 22.8 Å². The van der Waals surface area contributed by atoms with E-state index in [1.54, 1.807) is 12.1 Å². The number of carbonyl (C=O) groups excluding carboxylic acids is 2. The second-order valence-electron chi connectivity index (χ2n) is 8.49. The van der Waals surface area contributed by atoms with E-state index in [0.29, 0.717) is 4.68 Å². The lowest BCUT2D eigenvalue weighted by Crippen LogP contribution is -2.21. The van der Waals surface area contributed by atoms with Crippen molar-refractivity contribution < 1.29 is 22.8 Å². The molecule has 0 fully saturated rings. The molecule has 3 aromatic rings. The maximum absolute atomic E-state index is 14.0. The van der Waals surface area contributed by atoms with Crippen molar-refractivity contribution in [3.8, 4) is 5.69 Å². The quantitative estimate of drug-likeness (QED) is 0.417. The number of anilines is 2. The fourth-order valence-electron chi connectivity index (χ4n) is 3.21. The summed E-state index contributed by atoms with van der Waals surface area (Å²) >= 11 is 6.01. The lowest BCUT2D eigenvalue weighted by molar-refractivity contribution is -0.143. The third-order valence-electron chi connectivity index (χ3n) is 4.87. The first-order valence-electron chi connectivity index (χ1n) is 10.1. The molecule has 6 nitrogen and oxygen atoms in total. The van der Waals surface area contributed by atoms with E-state index in [1.807, 2.05) is 20.8 Å². The summed E-state index contributed by atoms with van der Waals surface area (Å²) in [5.41, 5.74) is -0.626. The number of nitrogens with zero attached hydrogens (tertiary/aromatic N) is 2. The monoisotopic (exact) mass is 490 g/mol. The predicted molar refractivity (Wildman–Crippen MR) is 125 cm³/mol. The predicted octanol–water partition coefficient (Wildman–Crippen LogP) is 6.22. The number of halogens is 4. The SMILES string of the molecule is C=CC(=O)Nc1cc(Cl)cc(NC(=O)c2cnn(-c3ccc(C(C)(C)C)cc3)c2C(F)(F)F)c1. The molecule has 0 aliphatic heterocycles. The largest absolute Gasteiger partial charge is 0.434 e. The highest BCUT2D eigenvalue weighted by atomic mass is 35.5. The van der Waals surface area contributed by atoms with E-state index in [4.69, 9.17) is 11.6 Å². The van der Waals surface area contributed by atoms with Gasteiger partial charge in [0.1, 0.15) is 0 Å². The second-order valence-corrected chi connectivity index (χ2v) is 8.93. The van der Waals surface area contributed by atoms with Gasteiger partial charge in [-0.1, -0.05) is 51.1 Å². The van der Waals surface area contributed by atoms with Crippen LogP contribution in [0.1, 0.15) is 42.4 Å². The van der Waals surface area contributed by atoms with Gasteiger partial charge in [-0.3, -0.25) is 9.59 Å². The molecule has 0 bridgehead atoms. The van der Waals surface area contributed by atoms with Crippen molar-refractivity contribution in [3.05, 3.63) is 83.2 Å². The van der Waals surface area contributed by atoms with E-state index in [1.165, 1.54) is 30.3 Å². The summed E-state index contributed by atoms with van der Waals surface area (Å²) in [7, 11) is 0. The van der Waals surface area contributed by atoms with Gasteiger partial charge in [0.25, 0.3) is 5.91 Å². The van der Waals surface area contributed by atoms with Crippen LogP contribution in [-0.4, -0.2) is 21.6 Å². The lowest BCUT2D eigenvalue weighted by Gasteiger charge is -2.19. The Labute approximate surface area is 199 Å². The van der Waals surface area contributed by atoms with E-state index in [2.05, 4.69) is 22.3 Å². The zero-order chi connectivity index (χ0) is 25.3. The summed E-state index contributed by atoms with van der Waals surface area (Å²) in [6, 6.07) is 10.6. The Kier molecular flexibility index (Phi) is 6.88. The molecular formula is C24H22ClF3N4O2. The van der Waals surface area contributed by atoms with Gasteiger partial charge in [0.2, 0.25) is 5.91 Å². The van der Waals surface area contributed by atoms with Crippen molar-refractivity contribution >= 4 is 34.8 Å². The molecule has 2 amide bonds. The molecule has 0 unspecified atom stereocenters. The molecule has 0 saturated heterocycles. The first kappa shape index (κ1) is 25.0. The average Bonchev–Trinajstić information content (AvgIpc) is 3.18. The second kappa shape index (κ2) is 9.34. The fourth-order valence-corrected chi connectivity index (χ4v) is 3.45. The van der Waals surface area contributed by atoms with Gasteiger partial charge in [-0.2, -0.15) is 18.3 Å². The van der Waals surface area contributed by atoms with Gasteiger partial charge < -0.3 is 10.6 Å². The van der Waals surface area contributed by atoms with Crippen LogP contribution >= 0.6 is 11.6 Å². The van der Waals surface area contributed by atoms with E-state index in [0.717, 1.165) is 17.8 Å². The minimum atomic E-state index is -4.86. The smallest absolute Gasteiger partial charge is 0.322 e.